The van der Waals surface area contributed by atoms with Gasteiger partial charge in [0, 0.05) is 28.9 Å². The van der Waals surface area contributed by atoms with Crippen molar-refractivity contribution in [2.24, 2.45) is 17.8 Å². The third-order valence-electron chi connectivity index (χ3n) is 8.24. The molecule has 2 aliphatic rings. The summed E-state index contributed by atoms with van der Waals surface area (Å²) >= 11 is 0. The Kier molecular flexibility index (Phi) is 6.79. The Balaban J connectivity index is 1.14. The Morgan fingerprint density at radius 2 is 1.57 bits per heavy atom. The molecule has 6 rings (SSSR count). The molecular formula is C31H33N4O5+. The molecule has 1 aromatic heterocycles. The molecule has 4 N–H and O–H groups in total. The van der Waals surface area contributed by atoms with Crippen LogP contribution in [-0.4, -0.2) is 38.1 Å². The predicted molar refractivity (Wildman–Crippen MR) is 152 cm³/mol. The fourth-order valence-corrected chi connectivity index (χ4v) is 6.22. The Bertz CT molecular complexity index is 1550. The number of ether oxygens (including phenoxy) is 3. The molecule has 3 atom stereocenters. The number of carbonyl (C=O) groups is 2. The van der Waals surface area contributed by atoms with Crippen LogP contribution in [-0.2, 0) is 4.79 Å². The number of H-pyrrole nitrogens is 2. The first-order chi connectivity index (χ1) is 19.4. The van der Waals surface area contributed by atoms with Crippen LogP contribution in [0, 0.1) is 17.8 Å². The maximum absolute atomic E-state index is 12.9. The number of rotatable bonds is 8. The Morgan fingerprint density at radius 1 is 0.850 bits per heavy atom. The fourth-order valence-electron chi connectivity index (χ4n) is 6.22. The van der Waals surface area contributed by atoms with Crippen LogP contribution in [0.3, 0.4) is 0 Å². The van der Waals surface area contributed by atoms with Crippen LogP contribution in [0.5, 0.6) is 17.2 Å². The summed E-state index contributed by atoms with van der Waals surface area (Å²) in [5.41, 5.74) is 4.59. The van der Waals surface area contributed by atoms with E-state index in [9.17, 15) is 9.59 Å². The average Bonchev–Trinajstić information content (AvgIpc) is 3.72. The van der Waals surface area contributed by atoms with Gasteiger partial charge >= 0.3 is 0 Å². The number of benzene rings is 3. The Hall–Kier alpha value is -4.53. The minimum atomic E-state index is -0.302. The van der Waals surface area contributed by atoms with E-state index >= 15 is 0 Å². The van der Waals surface area contributed by atoms with Crippen LogP contribution in [0.2, 0.25) is 0 Å². The highest BCUT2D eigenvalue weighted by molar-refractivity contribution is 6.05. The van der Waals surface area contributed by atoms with Crippen LogP contribution in [0.25, 0.3) is 22.4 Å². The highest BCUT2D eigenvalue weighted by atomic mass is 16.5. The normalized spacial score (nSPS) is 19.4. The zero-order valence-electron chi connectivity index (χ0n) is 22.8. The number of aromatic amines is 2. The van der Waals surface area contributed by atoms with Crippen LogP contribution >= 0.6 is 0 Å². The highest BCUT2D eigenvalue weighted by Gasteiger charge is 2.43. The molecule has 9 heteroatoms. The van der Waals surface area contributed by atoms with Crippen LogP contribution in [0.15, 0.2) is 54.6 Å². The molecule has 1 heterocycles. The largest absolute Gasteiger partial charge is 0.493 e. The van der Waals surface area contributed by atoms with E-state index in [1.807, 2.05) is 42.5 Å². The molecule has 0 aliphatic heterocycles. The monoisotopic (exact) mass is 541 g/mol. The second kappa shape index (κ2) is 10.6. The first-order valence-corrected chi connectivity index (χ1v) is 13.5. The summed E-state index contributed by atoms with van der Waals surface area (Å²) in [6, 6.07) is 16.6. The molecule has 2 saturated carbocycles. The Labute approximate surface area is 232 Å². The molecule has 2 amide bonds. The number of aromatic nitrogens is 2. The third kappa shape index (κ3) is 4.83. The van der Waals surface area contributed by atoms with E-state index in [4.69, 9.17) is 14.2 Å². The van der Waals surface area contributed by atoms with Gasteiger partial charge in [-0.15, -0.1) is 0 Å². The van der Waals surface area contributed by atoms with E-state index < -0.39 is 0 Å². The van der Waals surface area contributed by atoms with Gasteiger partial charge in [0.25, 0.3) is 11.7 Å². The third-order valence-corrected chi connectivity index (χ3v) is 8.24. The van der Waals surface area contributed by atoms with Gasteiger partial charge in [-0.25, -0.2) is 9.97 Å². The number of fused-ring (bicyclic) bond motifs is 3. The maximum Gasteiger partial charge on any atom is 0.285 e. The number of anilines is 2. The van der Waals surface area contributed by atoms with Crippen molar-refractivity contribution in [1.29, 1.82) is 0 Å². The van der Waals surface area contributed by atoms with Crippen molar-refractivity contribution in [3.8, 4) is 28.6 Å². The van der Waals surface area contributed by atoms with E-state index in [0.29, 0.717) is 34.4 Å². The van der Waals surface area contributed by atoms with Crippen molar-refractivity contribution in [2.75, 3.05) is 32.0 Å². The van der Waals surface area contributed by atoms with E-state index in [0.717, 1.165) is 40.4 Å². The number of hydrogen-bond acceptors (Lipinski definition) is 5. The van der Waals surface area contributed by atoms with Crippen molar-refractivity contribution in [2.45, 2.75) is 25.7 Å². The number of methoxy groups -OCH3 is 3. The van der Waals surface area contributed by atoms with Crippen LogP contribution in [0.4, 0.5) is 11.4 Å². The molecule has 2 bridgehead atoms. The molecule has 2 fully saturated rings. The molecule has 0 radical (unpaired) electrons. The molecule has 40 heavy (non-hydrogen) atoms. The minimum Gasteiger partial charge on any atom is -0.493 e. The summed E-state index contributed by atoms with van der Waals surface area (Å²) in [6.07, 6.45) is 4.70. The quantitative estimate of drug-likeness (QED) is 0.280. The second-order valence-corrected chi connectivity index (χ2v) is 10.6. The molecular weight excluding hydrogens is 508 g/mol. The molecule has 0 saturated heterocycles. The van der Waals surface area contributed by atoms with E-state index in [1.54, 1.807) is 12.1 Å². The second-order valence-electron chi connectivity index (χ2n) is 10.6. The van der Waals surface area contributed by atoms with E-state index in [-0.39, 0.29) is 17.7 Å². The fraction of sp³-hybridized carbons (Fsp3) is 0.323. The van der Waals surface area contributed by atoms with Gasteiger partial charge in [0.1, 0.15) is 0 Å². The number of imidazole rings is 1. The van der Waals surface area contributed by atoms with Crippen LogP contribution in [0.1, 0.15) is 36.0 Å². The maximum atomic E-state index is 12.9. The van der Waals surface area contributed by atoms with Crippen molar-refractivity contribution in [3.63, 3.8) is 0 Å². The van der Waals surface area contributed by atoms with Gasteiger partial charge in [0.15, 0.2) is 22.5 Å². The van der Waals surface area contributed by atoms with Gasteiger partial charge in [0.05, 0.1) is 26.9 Å². The summed E-state index contributed by atoms with van der Waals surface area (Å²) in [5, 5.41) is 6.04. The number of hydrogen-bond donors (Lipinski definition) is 3. The first-order valence-electron chi connectivity index (χ1n) is 13.5. The van der Waals surface area contributed by atoms with Crippen molar-refractivity contribution in [3.05, 3.63) is 60.2 Å². The molecule has 3 unspecified atom stereocenters. The van der Waals surface area contributed by atoms with E-state index in [1.165, 1.54) is 40.6 Å². The summed E-state index contributed by atoms with van der Waals surface area (Å²) in [4.78, 5) is 32.6. The average molecular weight is 542 g/mol. The van der Waals surface area contributed by atoms with Gasteiger partial charge in [-0.05, 0) is 79.6 Å². The van der Waals surface area contributed by atoms with Gasteiger partial charge in [0.2, 0.25) is 11.7 Å². The SMILES string of the molecule is COc1cc(C(=O)Nc2ccc(-c3[nH]c4cc(NC(=O)C5CC6CCC5C6)ccc4[nH+]3)cc2)cc(OC)c1OC. The summed E-state index contributed by atoms with van der Waals surface area (Å²) in [5.74, 6) is 3.34. The predicted octanol–water partition coefficient (Wildman–Crippen LogP) is 5.30. The van der Waals surface area contributed by atoms with E-state index in [2.05, 4.69) is 20.6 Å². The summed E-state index contributed by atoms with van der Waals surface area (Å²) in [6.45, 7) is 0. The lowest BCUT2D eigenvalue weighted by Crippen LogP contribution is -2.27. The van der Waals surface area contributed by atoms with Crippen LogP contribution < -0.4 is 29.8 Å². The lowest BCUT2D eigenvalue weighted by Gasteiger charge is -2.20. The molecule has 4 aromatic rings. The number of nitrogens with one attached hydrogen (secondary N) is 4. The van der Waals surface area contributed by atoms with Gasteiger partial charge < -0.3 is 24.8 Å². The number of carbonyl (C=O) groups excluding carboxylic acids is 2. The van der Waals surface area contributed by atoms with Crippen molar-refractivity contribution in [1.82, 2.24) is 4.98 Å². The first kappa shape index (κ1) is 25.7. The smallest absolute Gasteiger partial charge is 0.285 e. The highest BCUT2D eigenvalue weighted by Crippen LogP contribution is 2.48. The van der Waals surface area contributed by atoms with Crippen molar-refractivity contribution < 1.29 is 28.8 Å². The zero-order valence-corrected chi connectivity index (χ0v) is 22.8. The molecule has 9 nitrogen and oxygen atoms in total. The summed E-state index contributed by atoms with van der Waals surface area (Å²) < 4.78 is 16.0. The van der Waals surface area contributed by atoms with Crippen molar-refractivity contribution >= 4 is 34.2 Å². The molecule has 3 aromatic carbocycles. The minimum absolute atomic E-state index is 0.145. The zero-order chi connectivity index (χ0) is 27.8. The standard InChI is InChI=1S/C31H32N4O5/c1-38-26-14-20(15-27(39-2)28(26)40-3)30(36)32-21-8-6-18(7-9-21)29-34-24-11-10-22(16-25(24)35-29)33-31(37)23-13-17-4-5-19(23)12-17/h6-11,14-17,19,23H,4-5,12-13H2,1-3H3,(H,32,36)(H,33,37)(H,34,35)/p+1. The summed E-state index contributed by atoms with van der Waals surface area (Å²) in [7, 11) is 4.53. The number of amides is 2. The Morgan fingerprint density at radius 3 is 2.20 bits per heavy atom. The molecule has 0 spiro atoms. The lowest BCUT2D eigenvalue weighted by molar-refractivity contribution is -0.330. The molecule has 2 aliphatic carbocycles. The van der Waals surface area contributed by atoms with Gasteiger partial charge in [-0.3, -0.25) is 9.59 Å². The topological polar surface area (TPSA) is 116 Å². The van der Waals surface area contributed by atoms with Gasteiger partial charge in [-0.1, -0.05) is 6.42 Å². The van der Waals surface area contributed by atoms with Gasteiger partial charge in [-0.2, -0.15) is 0 Å². The lowest BCUT2D eigenvalue weighted by atomic mass is 9.88. The molecule has 206 valence electrons.